The Morgan fingerprint density at radius 1 is 1.16 bits per heavy atom. The topological polar surface area (TPSA) is 63.8 Å². The number of nitrogen functional groups attached to an aromatic ring is 1. The minimum Gasteiger partial charge on any atom is -0.396 e. The van der Waals surface area contributed by atoms with E-state index in [-0.39, 0.29) is 0 Å². The van der Waals surface area contributed by atoms with Crippen molar-refractivity contribution in [1.82, 2.24) is 9.97 Å². The SMILES string of the molecule is Cc1cnc(Nc2ccc(C(F)(F)F)nc2)c(N)c1. The third-order valence-corrected chi connectivity index (χ3v) is 2.37. The zero-order chi connectivity index (χ0) is 14.0. The Bertz CT molecular complexity index is 579. The van der Waals surface area contributed by atoms with E-state index in [9.17, 15) is 13.2 Å². The number of alkyl halides is 3. The summed E-state index contributed by atoms with van der Waals surface area (Å²) in [6, 6.07) is 3.89. The Morgan fingerprint density at radius 2 is 1.89 bits per heavy atom. The number of aryl methyl sites for hydroxylation is 1. The highest BCUT2D eigenvalue weighted by atomic mass is 19.4. The number of hydrogen-bond donors (Lipinski definition) is 2. The average molecular weight is 268 g/mol. The monoisotopic (exact) mass is 268 g/mol. The van der Waals surface area contributed by atoms with E-state index in [1.54, 1.807) is 12.3 Å². The van der Waals surface area contributed by atoms with Gasteiger partial charge in [0.1, 0.15) is 5.69 Å². The summed E-state index contributed by atoms with van der Waals surface area (Å²) in [5.74, 6) is 0.382. The molecule has 19 heavy (non-hydrogen) atoms. The highest BCUT2D eigenvalue weighted by Gasteiger charge is 2.32. The highest BCUT2D eigenvalue weighted by Crippen LogP contribution is 2.28. The van der Waals surface area contributed by atoms with Crippen LogP contribution in [0, 0.1) is 6.92 Å². The van der Waals surface area contributed by atoms with Gasteiger partial charge in [0.15, 0.2) is 5.82 Å². The van der Waals surface area contributed by atoms with Gasteiger partial charge in [0.2, 0.25) is 0 Å². The van der Waals surface area contributed by atoms with Crippen LogP contribution in [0.25, 0.3) is 0 Å². The van der Waals surface area contributed by atoms with E-state index in [2.05, 4.69) is 15.3 Å². The Hall–Kier alpha value is -2.31. The van der Waals surface area contributed by atoms with E-state index >= 15 is 0 Å². The van der Waals surface area contributed by atoms with E-state index in [4.69, 9.17) is 5.73 Å². The van der Waals surface area contributed by atoms with E-state index in [1.807, 2.05) is 6.92 Å². The van der Waals surface area contributed by atoms with Crippen LogP contribution in [0.2, 0.25) is 0 Å². The van der Waals surface area contributed by atoms with Crippen LogP contribution < -0.4 is 11.1 Å². The van der Waals surface area contributed by atoms with Gasteiger partial charge in [-0.2, -0.15) is 13.2 Å². The van der Waals surface area contributed by atoms with Crippen LogP contribution in [0.3, 0.4) is 0 Å². The van der Waals surface area contributed by atoms with Gasteiger partial charge in [0.25, 0.3) is 0 Å². The van der Waals surface area contributed by atoms with Gasteiger partial charge in [-0.1, -0.05) is 0 Å². The molecular weight excluding hydrogens is 257 g/mol. The van der Waals surface area contributed by atoms with Gasteiger partial charge >= 0.3 is 6.18 Å². The molecule has 3 N–H and O–H groups in total. The third-order valence-electron chi connectivity index (χ3n) is 2.37. The maximum atomic E-state index is 12.3. The molecule has 0 aromatic carbocycles. The molecule has 2 aromatic heterocycles. The van der Waals surface area contributed by atoms with Crippen LogP contribution in [0.15, 0.2) is 30.6 Å². The molecule has 0 aliphatic carbocycles. The van der Waals surface area contributed by atoms with Crippen LogP contribution in [-0.4, -0.2) is 9.97 Å². The van der Waals surface area contributed by atoms with Crippen molar-refractivity contribution in [3.05, 3.63) is 41.9 Å². The summed E-state index contributed by atoms with van der Waals surface area (Å²) >= 11 is 0. The smallest absolute Gasteiger partial charge is 0.396 e. The number of hydrogen-bond acceptors (Lipinski definition) is 4. The van der Waals surface area contributed by atoms with Crippen molar-refractivity contribution in [1.29, 1.82) is 0 Å². The minimum atomic E-state index is -4.44. The molecule has 2 rings (SSSR count). The molecule has 0 saturated heterocycles. The van der Waals surface area contributed by atoms with Crippen molar-refractivity contribution in [3.63, 3.8) is 0 Å². The molecule has 0 fully saturated rings. The van der Waals surface area contributed by atoms with Gasteiger partial charge in [-0.15, -0.1) is 0 Å². The molecule has 0 radical (unpaired) electrons. The first-order valence-electron chi connectivity index (χ1n) is 5.38. The molecule has 0 aliphatic heterocycles. The lowest BCUT2D eigenvalue weighted by Gasteiger charge is -2.10. The van der Waals surface area contributed by atoms with Crippen molar-refractivity contribution >= 4 is 17.2 Å². The Labute approximate surface area is 107 Å². The average Bonchev–Trinajstić information content (AvgIpc) is 2.32. The third kappa shape index (κ3) is 3.12. The van der Waals surface area contributed by atoms with Gasteiger partial charge in [0, 0.05) is 6.20 Å². The maximum Gasteiger partial charge on any atom is 0.433 e. The molecular formula is C12H11F3N4. The predicted octanol–water partition coefficient (Wildman–Crippen LogP) is 3.13. The lowest BCUT2D eigenvalue weighted by atomic mass is 10.2. The van der Waals surface area contributed by atoms with Crippen molar-refractivity contribution < 1.29 is 13.2 Å². The molecule has 0 saturated carbocycles. The van der Waals surface area contributed by atoms with Crippen LogP contribution in [-0.2, 0) is 6.18 Å². The summed E-state index contributed by atoms with van der Waals surface area (Å²) < 4.78 is 37.0. The molecule has 0 spiro atoms. The molecule has 0 aliphatic rings. The first-order chi connectivity index (χ1) is 8.86. The molecule has 0 amide bonds. The second-order valence-corrected chi connectivity index (χ2v) is 4.01. The number of halogens is 3. The summed E-state index contributed by atoms with van der Waals surface area (Å²) in [4.78, 5) is 7.40. The van der Waals surface area contributed by atoms with Crippen LogP contribution >= 0.6 is 0 Å². The largest absolute Gasteiger partial charge is 0.433 e. The maximum absolute atomic E-state index is 12.3. The van der Waals surface area contributed by atoms with Gasteiger partial charge in [-0.25, -0.2) is 9.97 Å². The summed E-state index contributed by atoms with van der Waals surface area (Å²) in [5, 5.41) is 2.81. The van der Waals surface area contributed by atoms with E-state index in [0.717, 1.165) is 17.8 Å². The molecule has 2 aromatic rings. The number of nitrogens with zero attached hydrogens (tertiary/aromatic N) is 2. The van der Waals surface area contributed by atoms with Gasteiger partial charge in [0.05, 0.1) is 17.6 Å². The number of nitrogens with one attached hydrogen (secondary N) is 1. The Balaban J connectivity index is 2.20. The molecule has 0 bridgehead atoms. The highest BCUT2D eigenvalue weighted by molar-refractivity contribution is 5.68. The molecule has 2 heterocycles. The van der Waals surface area contributed by atoms with Gasteiger partial charge < -0.3 is 11.1 Å². The lowest BCUT2D eigenvalue weighted by Crippen LogP contribution is -2.08. The van der Waals surface area contributed by atoms with Gasteiger partial charge in [-0.3, -0.25) is 0 Å². The van der Waals surface area contributed by atoms with E-state index in [0.29, 0.717) is 17.2 Å². The quantitative estimate of drug-likeness (QED) is 0.878. The Kier molecular flexibility index (Phi) is 3.28. The van der Waals surface area contributed by atoms with E-state index in [1.165, 1.54) is 6.07 Å². The summed E-state index contributed by atoms with van der Waals surface area (Å²) in [6.07, 6.45) is -1.75. The summed E-state index contributed by atoms with van der Waals surface area (Å²) in [5.41, 5.74) is 6.50. The van der Waals surface area contributed by atoms with Gasteiger partial charge in [-0.05, 0) is 30.7 Å². The molecule has 7 heteroatoms. The zero-order valence-corrected chi connectivity index (χ0v) is 9.99. The first kappa shape index (κ1) is 13.1. The normalized spacial score (nSPS) is 11.4. The zero-order valence-electron chi connectivity index (χ0n) is 9.99. The number of anilines is 3. The molecule has 4 nitrogen and oxygen atoms in total. The van der Waals surface area contributed by atoms with Crippen LogP contribution in [0.4, 0.5) is 30.4 Å². The fourth-order valence-corrected chi connectivity index (χ4v) is 1.47. The number of pyridine rings is 2. The summed E-state index contributed by atoms with van der Waals surface area (Å²) in [7, 11) is 0. The predicted molar refractivity (Wildman–Crippen MR) is 65.9 cm³/mol. The van der Waals surface area contributed by atoms with Crippen molar-refractivity contribution in [2.45, 2.75) is 13.1 Å². The summed E-state index contributed by atoms with van der Waals surface area (Å²) in [6.45, 7) is 1.84. The van der Waals surface area contributed by atoms with Crippen LogP contribution in [0.1, 0.15) is 11.3 Å². The van der Waals surface area contributed by atoms with Crippen LogP contribution in [0.5, 0.6) is 0 Å². The minimum absolute atomic E-state index is 0.382. The van der Waals surface area contributed by atoms with Crippen molar-refractivity contribution in [2.24, 2.45) is 0 Å². The fourth-order valence-electron chi connectivity index (χ4n) is 1.47. The lowest BCUT2D eigenvalue weighted by molar-refractivity contribution is -0.141. The number of rotatable bonds is 2. The van der Waals surface area contributed by atoms with E-state index < -0.39 is 11.9 Å². The second-order valence-electron chi connectivity index (χ2n) is 4.01. The molecule has 0 atom stereocenters. The van der Waals surface area contributed by atoms with Crippen molar-refractivity contribution in [2.75, 3.05) is 11.1 Å². The Morgan fingerprint density at radius 3 is 2.42 bits per heavy atom. The number of nitrogens with two attached hydrogens (primary N) is 1. The first-order valence-corrected chi connectivity index (χ1v) is 5.38. The number of aromatic nitrogens is 2. The second kappa shape index (κ2) is 4.75. The fraction of sp³-hybridized carbons (Fsp3) is 0.167. The molecule has 100 valence electrons. The van der Waals surface area contributed by atoms with Crippen molar-refractivity contribution in [3.8, 4) is 0 Å². The molecule has 0 unspecified atom stereocenters. The standard InChI is InChI=1S/C12H11F3N4/c1-7-4-9(16)11(18-5-7)19-8-2-3-10(17-6-8)12(13,14)15/h2-6H,16H2,1H3,(H,18,19).